The van der Waals surface area contributed by atoms with Crippen LogP contribution in [-0.4, -0.2) is 28.2 Å². The average Bonchev–Trinajstić information content (AvgIpc) is 2.71. The van der Waals surface area contributed by atoms with Crippen LogP contribution in [0.2, 0.25) is 0 Å². The van der Waals surface area contributed by atoms with Crippen molar-refractivity contribution in [3.05, 3.63) is 87.5 Å². The number of halogens is 1. The lowest BCUT2D eigenvalue weighted by atomic mass is 9.83. The van der Waals surface area contributed by atoms with Gasteiger partial charge in [0.25, 0.3) is 0 Å². The van der Waals surface area contributed by atoms with E-state index in [-0.39, 0.29) is 5.92 Å². The topological polar surface area (TPSA) is 67.6 Å². The highest BCUT2D eigenvalue weighted by molar-refractivity contribution is 9.10. The zero-order chi connectivity index (χ0) is 19.2. The van der Waals surface area contributed by atoms with E-state index < -0.39 is 0 Å². The third-order valence-corrected chi connectivity index (χ3v) is 5.07. The van der Waals surface area contributed by atoms with E-state index in [2.05, 4.69) is 62.5 Å². The lowest BCUT2D eigenvalue weighted by molar-refractivity contribution is 0.317. The number of ether oxygens (including phenoxy) is 1. The molecule has 0 fully saturated rings. The van der Waals surface area contributed by atoms with E-state index in [4.69, 9.17) is 4.74 Å². The quantitative estimate of drug-likeness (QED) is 0.344. The van der Waals surface area contributed by atoms with Crippen LogP contribution in [0.1, 0.15) is 34.6 Å². The van der Waals surface area contributed by atoms with E-state index >= 15 is 0 Å². The Labute approximate surface area is 166 Å². The maximum absolute atomic E-state index is 9.73. The van der Waals surface area contributed by atoms with Gasteiger partial charge in [-0.25, -0.2) is 0 Å². The second-order valence-electron chi connectivity index (χ2n) is 6.17. The molecule has 0 spiro atoms. The predicted molar refractivity (Wildman–Crippen MR) is 109 cm³/mol. The minimum atomic E-state index is 0.0167. The average molecular weight is 426 g/mol. The maximum atomic E-state index is 9.73. The standard InChI is InChI=1S/C21H20BrN3O2/c1-14-5-3-4-6-17(14)19(15-7-9-16(22)10-8-15)13-20(25-26)18-11-12-23-24-21(18)27-2/h3-12,19,26H,13H2,1-2H3. The van der Waals surface area contributed by atoms with Crippen LogP contribution in [0.15, 0.2) is 70.4 Å². The molecule has 138 valence electrons. The molecule has 0 amide bonds. The van der Waals surface area contributed by atoms with Gasteiger partial charge in [0.15, 0.2) is 0 Å². The van der Waals surface area contributed by atoms with Crippen LogP contribution in [0.25, 0.3) is 0 Å². The van der Waals surface area contributed by atoms with Gasteiger partial charge in [-0.1, -0.05) is 57.5 Å². The van der Waals surface area contributed by atoms with Crippen molar-refractivity contribution in [3.63, 3.8) is 0 Å². The largest absolute Gasteiger partial charge is 0.479 e. The van der Waals surface area contributed by atoms with Crippen LogP contribution in [-0.2, 0) is 0 Å². The van der Waals surface area contributed by atoms with Gasteiger partial charge in [0.2, 0.25) is 5.88 Å². The number of aromatic nitrogens is 2. The van der Waals surface area contributed by atoms with E-state index in [1.807, 2.05) is 24.3 Å². The Morgan fingerprint density at radius 3 is 2.56 bits per heavy atom. The number of aryl methyl sites for hydroxylation is 1. The van der Waals surface area contributed by atoms with Gasteiger partial charge < -0.3 is 9.94 Å². The molecule has 3 aromatic rings. The van der Waals surface area contributed by atoms with E-state index in [1.165, 1.54) is 18.2 Å². The van der Waals surface area contributed by atoms with Crippen molar-refractivity contribution in [3.8, 4) is 5.88 Å². The van der Waals surface area contributed by atoms with Gasteiger partial charge >= 0.3 is 0 Å². The lowest BCUT2D eigenvalue weighted by Crippen LogP contribution is -2.13. The fourth-order valence-electron chi connectivity index (χ4n) is 3.17. The van der Waals surface area contributed by atoms with Crippen molar-refractivity contribution < 1.29 is 9.94 Å². The molecule has 1 unspecified atom stereocenters. The number of benzene rings is 2. The van der Waals surface area contributed by atoms with Gasteiger partial charge in [0, 0.05) is 16.8 Å². The van der Waals surface area contributed by atoms with Gasteiger partial charge in [-0.3, -0.25) is 0 Å². The van der Waals surface area contributed by atoms with E-state index in [0.29, 0.717) is 23.6 Å². The summed E-state index contributed by atoms with van der Waals surface area (Å²) in [7, 11) is 1.52. The van der Waals surface area contributed by atoms with Gasteiger partial charge in [0.05, 0.1) is 24.6 Å². The van der Waals surface area contributed by atoms with E-state index in [9.17, 15) is 5.21 Å². The molecule has 1 N–H and O–H groups in total. The van der Waals surface area contributed by atoms with Crippen molar-refractivity contribution in [2.45, 2.75) is 19.3 Å². The van der Waals surface area contributed by atoms with E-state index in [0.717, 1.165) is 10.0 Å². The molecule has 0 aliphatic heterocycles. The van der Waals surface area contributed by atoms with Gasteiger partial charge in [0.1, 0.15) is 0 Å². The van der Waals surface area contributed by atoms with Gasteiger partial charge in [-0.2, -0.15) is 5.10 Å². The van der Waals surface area contributed by atoms with Crippen LogP contribution in [0.4, 0.5) is 0 Å². The molecule has 0 saturated heterocycles. The molecule has 2 aromatic carbocycles. The highest BCUT2D eigenvalue weighted by Crippen LogP contribution is 2.33. The molecular formula is C21H20BrN3O2. The van der Waals surface area contributed by atoms with Crippen LogP contribution in [0, 0.1) is 6.92 Å². The molecule has 0 aliphatic carbocycles. The third kappa shape index (κ3) is 4.34. The molecule has 0 aliphatic rings. The predicted octanol–water partition coefficient (Wildman–Crippen LogP) is 4.96. The van der Waals surface area contributed by atoms with Crippen LogP contribution >= 0.6 is 15.9 Å². The minimum absolute atomic E-state index is 0.0167. The summed E-state index contributed by atoms with van der Waals surface area (Å²) in [4.78, 5) is 0. The Kier molecular flexibility index (Phi) is 6.19. The van der Waals surface area contributed by atoms with Crippen molar-refractivity contribution >= 4 is 21.6 Å². The first-order chi connectivity index (χ1) is 13.1. The first kappa shape index (κ1) is 19.0. The lowest BCUT2D eigenvalue weighted by Gasteiger charge is -2.21. The summed E-state index contributed by atoms with van der Waals surface area (Å²) in [5.41, 5.74) is 4.63. The van der Waals surface area contributed by atoms with Gasteiger partial charge in [-0.15, -0.1) is 5.10 Å². The summed E-state index contributed by atoms with van der Waals surface area (Å²) < 4.78 is 6.31. The van der Waals surface area contributed by atoms with Crippen LogP contribution in [0.5, 0.6) is 5.88 Å². The Hall–Kier alpha value is -2.73. The second kappa shape index (κ2) is 8.77. The molecule has 5 nitrogen and oxygen atoms in total. The highest BCUT2D eigenvalue weighted by atomic mass is 79.9. The van der Waals surface area contributed by atoms with Crippen molar-refractivity contribution in [2.75, 3.05) is 7.11 Å². The summed E-state index contributed by atoms with van der Waals surface area (Å²) >= 11 is 3.49. The summed E-state index contributed by atoms with van der Waals surface area (Å²) in [6, 6.07) is 18.2. The SMILES string of the molecule is COc1nnccc1C(CC(c1ccc(Br)cc1)c1ccccc1C)=NO. The molecule has 27 heavy (non-hydrogen) atoms. The smallest absolute Gasteiger partial charge is 0.242 e. The van der Waals surface area contributed by atoms with Crippen molar-refractivity contribution in [1.29, 1.82) is 0 Å². The first-order valence-electron chi connectivity index (χ1n) is 8.52. The number of rotatable bonds is 6. The zero-order valence-electron chi connectivity index (χ0n) is 15.1. The number of nitrogens with zero attached hydrogens (tertiary/aromatic N) is 3. The van der Waals surface area contributed by atoms with Gasteiger partial charge in [-0.05, 0) is 41.8 Å². The molecule has 3 rings (SSSR count). The molecule has 6 heteroatoms. The molecular weight excluding hydrogens is 406 g/mol. The number of hydrogen-bond acceptors (Lipinski definition) is 5. The number of oxime groups is 1. The fourth-order valence-corrected chi connectivity index (χ4v) is 3.43. The first-order valence-corrected chi connectivity index (χ1v) is 9.31. The molecule has 0 saturated carbocycles. The molecule has 1 atom stereocenters. The molecule has 1 aromatic heterocycles. The maximum Gasteiger partial charge on any atom is 0.242 e. The van der Waals surface area contributed by atoms with Crippen LogP contribution in [0.3, 0.4) is 0 Å². The highest BCUT2D eigenvalue weighted by Gasteiger charge is 2.22. The minimum Gasteiger partial charge on any atom is -0.479 e. The van der Waals surface area contributed by atoms with Crippen molar-refractivity contribution in [1.82, 2.24) is 10.2 Å². The Morgan fingerprint density at radius 2 is 1.89 bits per heavy atom. The van der Waals surface area contributed by atoms with Crippen LogP contribution < -0.4 is 4.74 Å². The normalized spacial score (nSPS) is 12.6. The molecule has 0 radical (unpaired) electrons. The third-order valence-electron chi connectivity index (χ3n) is 4.55. The monoisotopic (exact) mass is 425 g/mol. The summed E-state index contributed by atoms with van der Waals surface area (Å²) in [5, 5.41) is 21.1. The summed E-state index contributed by atoms with van der Waals surface area (Å²) in [6.45, 7) is 2.09. The molecule has 0 bridgehead atoms. The number of hydrogen-bond donors (Lipinski definition) is 1. The zero-order valence-corrected chi connectivity index (χ0v) is 16.7. The second-order valence-corrected chi connectivity index (χ2v) is 7.08. The Morgan fingerprint density at radius 1 is 1.15 bits per heavy atom. The summed E-state index contributed by atoms with van der Waals surface area (Å²) in [5.74, 6) is 0.354. The number of methoxy groups -OCH3 is 1. The Bertz CT molecular complexity index is 942. The molecule has 1 heterocycles. The van der Waals surface area contributed by atoms with E-state index in [1.54, 1.807) is 12.3 Å². The fraction of sp³-hybridized carbons (Fsp3) is 0.190. The Balaban J connectivity index is 2.05. The summed E-state index contributed by atoms with van der Waals surface area (Å²) in [6.07, 6.45) is 2.05. The van der Waals surface area contributed by atoms with Crippen molar-refractivity contribution in [2.24, 2.45) is 5.16 Å².